The summed E-state index contributed by atoms with van der Waals surface area (Å²) in [5, 5.41) is 3.39. The number of imide groups is 1. The summed E-state index contributed by atoms with van der Waals surface area (Å²) < 4.78 is 0. The van der Waals surface area contributed by atoms with Crippen LogP contribution in [0.3, 0.4) is 0 Å². The van der Waals surface area contributed by atoms with Gasteiger partial charge in [0.05, 0.1) is 11.1 Å². The van der Waals surface area contributed by atoms with Crippen LogP contribution in [0.1, 0.15) is 68.2 Å². The summed E-state index contributed by atoms with van der Waals surface area (Å²) in [4.78, 5) is 33.3. The zero-order valence-electron chi connectivity index (χ0n) is 18.1. The average molecular weight is 512 g/mol. The van der Waals surface area contributed by atoms with Gasteiger partial charge in [-0.2, -0.15) is 0 Å². The highest BCUT2D eigenvalue weighted by atomic mass is 127. The van der Waals surface area contributed by atoms with Gasteiger partial charge in [-0.25, -0.2) is 0 Å². The van der Waals surface area contributed by atoms with Crippen molar-refractivity contribution in [2.75, 3.05) is 26.2 Å². The molecule has 2 aliphatic heterocycles. The molecule has 0 atom stereocenters. The van der Waals surface area contributed by atoms with Crippen LogP contribution >= 0.6 is 24.0 Å². The van der Waals surface area contributed by atoms with Gasteiger partial charge >= 0.3 is 0 Å². The third-order valence-electron chi connectivity index (χ3n) is 6.40. The van der Waals surface area contributed by atoms with Crippen molar-refractivity contribution in [1.82, 2.24) is 15.1 Å². The summed E-state index contributed by atoms with van der Waals surface area (Å²) in [6.45, 7) is 14.1. The molecule has 1 aromatic carbocycles. The van der Waals surface area contributed by atoms with E-state index in [9.17, 15) is 9.59 Å². The van der Waals surface area contributed by atoms with Crippen molar-refractivity contribution in [1.29, 1.82) is 0 Å². The fourth-order valence-electron chi connectivity index (χ4n) is 3.80. The van der Waals surface area contributed by atoms with Gasteiger partial charge in [0.15, 0.2) is 5.96 Å². The number of unbranched alkanes of at least 4 members (excludes halogenated alkanes) is 1. The largest absolute Gasteiger partial charge is 0.356 e. The maximum absolute atomic E-state index is 12.4. The normalized spacial score (nSPS) is 19.6. The van der Waals surface area contributed by atoms with Crippen LogP contribution in [0, 0.1) is 5.41 Å². The van der Waals surface area contributed by atoms with Gasteiger partial charge in [0.2, 0.25) is 0 Å². The zero-order chi connectivity index (χ0) is 20.5. The topological polar surface area (TPSA) is 65.0 Å². The SMILES string of the molecule is CCNC(=NCCCCN1C(=O)c2ccccc2C1=O)N1CC(C)(C)C1(C)C.I. The number of hydrogen-bond acceptors (Lipinski definition) is 3. The minimum Gasteiger partial charge on any atom is -0.356 e. The number of aliphatic imine (C=N–C) groups is 1. The predicted octanol–water partition coefficient (Wildman–Crippen LogP) is 3.77. The van der Waals surface area contributed by atoms with Crippen molar-refractivity contribution in [2.24, 2.45) is 10.4 Å². The summed E-state index contributed by atoms with van der Waals surface area (Å²) >= 11 is 0. The van der Waals surface area contributed by atoms with E-state index in [1.807, 2.05) is 0 Å². The Hall–Kier alpha value is -1.64. The molecule has 29 heavy (non-hydrogen) atoms. The maximum Gasteiger partial charge on any atom is 0.261 e. The van der Waals surface area contributed by atoms with Gasteiger partial charge < -0.3 is 10.2 Å². The van der Waals surface area contributed by atoms with Crippen molar-refractivity contribution in [3.63, 3.8) is 0 Å². The number of benzene rings is 1. The third kappa shape index (κ3) is 4.29. The lowest BCUT2D eigenvalue weighted by Gasteiger charge is -2.62. The Morgan fingerprint density at radius 3 is 2.14 bits per heavy atom. The molecule has 2 heterocycles. The zero-order valence-corrected chi connectivity index (χ0v) is 20.4. The Morgan fingerprint density at radius 1 is 1.07 bits per heavy atom. The maximum atomic E-state index is 12.4. The van der Waals surface area contributed by atoms with Crippen LogP contribution in [0.4, 0.5) is 0 Å². The van der Waals surface area contributed by atoms with Gasteiger partial charge in [0.1, 0.15) is 0 Å². The monoisotopic (exact) mass is 512 g/mol. The molecule has 2 amide bonds. The molecule has 3 rings (SSSR count). The summed E-state index contributed by atoms with van der Waals surface area (Å²) in [6.07, 6.45) is 1.59. The van der Waals surface area contributed by atoms with Crippen molar-refractivity contribution in [3.8, 4) is 0 Å². The number of nitrogens with one attached hydrogen (secondary N) is 1. The van der Waals surface area contributed by atoms with Crippen LogP contribution in [0.15, 0.2) is 29.3 Å². The molecule has 1 saturated heterocycles. The number of nitrogens with zero attached hydrogens (tertiary/aromatic N) is 3. The molecular formula is C22H33IN4O2. The molecule has 6 nitrogen and oxygen atoms in total. The van der Waals surface area contributed by atoms with E-state index in [-0.39, 0.29) is 46.7 Å². The van der Waals surface area contributed by atoms with E-state index >= 15 is 0 Å². The highest BCUT2D eigenvalue weighted by Gasteiger charge is 2.53. The first-order chi connectivity index (χ1) is 13.2. The Labute approximate surface area is 191 Å². The van der Waals surface area contributed by atoms with E-state index in [2.05, 4.69) is 44.8 Å². The molecule has 1 N–H and O–H groups in total. The molecule has 0 bridgehead atoms. The molecule has 160 valence electrons. The van der Waals surface area contributed by atoms with E-state index in [0.717, 1.165) is 31.9 Å². The molecule has 0 spiro atoms. The molecule has 2 aliphatic rings. The molecule has 0 aliphatic carbocycles. The Kier molecular flexibility index (Phi) is 7.35. The predicted molar refractivity (Wildman–Crippen MR) is 127 cm³/mol. The minimum absolute atomic E-state index is 0. The van der Waals surface area contributed by atoms with Gasteiger partial charge in [-0.1, -0.05) is 26.0 Å². The second kappa shape index (κ2) is 9.02. The van der Waals surface area contributed by atoms with Gasteiger partial charge in [-0.3, -0.25) is 19.5 Å². The standard InChI is InChI=1S/C22H32N4O2.HI/c1-6-23-20(26-15-21(2,3)22(26,4)5)24-13-9-10-14-25-18(27)16-11-7-8-12-17(16)19(25)28;/h7-8,11-12H,6,9-10,13-15H2,1-5H3,(H,23,24);1H. The van der Waals surface area contributed by atoms with Crippen LogP contribution in [0.25, 0.3) is 0 Å². The summed E-state index contributed by atoms with van der Waals surface area (Å²) in [6, 6.07) is 7.03. The van der Waals surface area contributed by atoms with E-state index in [0.29, 0.717) is 24.2 Å². The molecule has 0 unspecified atom stereocenters. The first-order valence-corrected chi connectivity index (χ1v) is 10.2. The van der Waals surface area contributed by atoms with Crippen molar-refractivity contribution >= 4 is 41.8 Å². The van der Waals surface area contributed by atoms with Gasteiger partial charge in [-0.15, -0.1) is 24.0 Å². The molecule has 1 fully saturated rings. The smallest absolute Gasteiger partial charge is 0.261 e. The lowest BCUT2D eigenvalue weighted by Crippen LogP contribution is -2.72. The number of rotatable bonds is 6. The number of amides is 2. The number of likely N-dealkylation sites (tertiary alicyclic amines) is 1. The van der Waals surface area contributed by atoms with Crippen molar-refractivity contribution in [2.45, 2.75) is 53.0 Å². The second-order valence-electron chi connectivity index (χ2n) is 8.78. The highest BCUT2D eigenvalue weighted by molar-refractivity contribution is 14.0. The van der Waals surface area contributed by atoms with E-state index in [1.54, 1.807) is 24.3 Å². The Bertz CT molecular complexity index is 769. The molecule has 7 heteroatoms. The Morgan fingerprint density at radius 2 is 1.66 bits per heavy atom. The molecule has 0 aromatic heterocycles. The van der Waals surface area contributed by atoms with Crippen LogP contribution in [0.2, 0.25) is 0 Å². The summed E-state index contributed by atoms with van der Waals surface area (Å²) in [5.74, 6) is 0.594. The first-order valence-electron chi connectivity index (χ1n) is 10.2. The fraction of sp³-hybridized carbons (Fsp3) is 0.591. The number of halogens is 1. The van der Waals surface area contributed by atoms with Gasteiger partial charge in [-0.05, 0) is 45.7 Å². The van der Waals surface area contributed by atoms with Crippen molar-refractivity contribution in [3.05, 3.63) is 35.4 Å². The highest BCUT2D eigenvalue weighted by Crippen LogP contribution is 2.46. The lowest BCUT2D eigenvalue weighted by atomic mass is 9.65. The first kappa shape index (κ1) is 23.6. The molecule has 0 radical (unpaired) electrons. The van der Waals surface area contributed by atoms with Crippen molar-refractivity contribution < 1.29 is 9.59 Å². The van der Waals surface area contributed by atoms with E-state index in [1.165, 1.54) is 4.90 Å². The summed E-state index contributed by atoms with van der Waals surface area (Å²) in [5.41, 5.74) is 1.35. The van der Waals surface area contributed by atoms with Gasteiger partial charge in [0, 0.05) is 37.1 Å². The van der Waals surface area contributed by atoms with Crippen LogP contribution in [-0.2, 0) is 0 Å². The van der Waals surface area contributed by atoms with E-state index in [4.69, 9.17) is 4.99 Å². The van der Waals surface area contributed by atoms with Crippen LogP contribution in [-0.4, -0.2) is 59.3 Å². The summed E-state index contributed by atoms with van der Waals surface area (Å²) in [7, 11) is 0. The quantitative estimate of drug-likeness (QED) is 0.207. The average Bonchev–Trinajstić information content (AvgIpc) is 2.90. The number of hydrogen-bond donors (Lipinski definition) is 1. The van der Waals surface area contributed by atoms with Gasteiger partial charge in [0.25, 0.3) is 11.8 Å². The Balaban J connectivity index is 0.00000300. The van der Waals surface area contributed by atoms with Crippen LogP contribution in [0.5, 0.6) is 0 Å². The number of guanidine groups is 1. The molecule has 0 saturated carbocycles. The fourth-order valence-corrected chi connectivity index (χ4v) is 3.80. The molecule has 1 aromatic rings. The third-order valence-corrected chi connectivity index (χ3v) is 6.40. The lowest BCUT2D eigenvalue weighted by molar-refractivity contribution is -0.0667. The number of carbonyl (C=O) groups is 2. The second-order valence-corrected chi connectivity index (χ2v) is 8.78. The van der Waals surface area contributed by atoms with E-state index < -0.39 is 0 Å². The van der Waals surface area contributed by atoms with Crippen LogP contribution < -0.4 is 5.32 Å². The number of carbonyl (C=O) groups excluding carboxylic acids is 2. The minimum atomic E-state index is -0.179. The number of fused-ring (bicyclic) bond motifs is 1. The molecular weight excluding hydrogens is 479 g/mol.